The summed E-state index contributed by atoms with van der Waals surface area (Å²) in [7, 11) is 0. The Morgan fingerprint density at radius 1 is 0.840 bits per heavy atom. The van der Waals surface area contributed by atoms with Crippen molar-refractivity contribution in [1.29, 1.82) is 0 Å². The Morgan fingerprint density at radius 3 is 1.60 bits per heavy atom. The smallest absolute Gasteiger partial charge is 0.225 e. The predicted molar refractivity (Wildman–Crippen MR) is 90.0 cm³/mol. The minimum atomic E-state index is -0.380. The first-order chi connectivity index (χ1) is 12.2. The molecule has 0 bridgehead atoms. The summed E-state index contributed by atoms with van der Waals surface area (Å²) >= 11 is 0. The Bertz CT molecular complexity index is 372. The molecule has 8 heteroatoms. The van der Waals surface area contributed by atoms with E-state index in [0.29, 0.717) is 85.1 Å². The van der Waals surface area contributed by atoms with Crippen molar-refractivity contribution in [3.05, 3.63) is 0 Å². The molecule has 8 nitrogen and oxygen atoms in total. The second-order valence-corrected chi connectivity index (χ2v) is 6.07. The molecule has 2 aliphatic rings. The molecule has 0 saturated carbocycles. The number of morpholine rings is 2. The maximum Gasteiger partial charge on any atom is 0.225 e. The van der Waals surface area contributed by atoms with Gasteiger partial charge < -0.3 is 28.7 Å². The zero-order valence-electron chi connectivity index (χ0n) is 15.1. The fourth-order valence-electron chi connectivity index (χ4n) is 2.78. The van der Waals surface area contributed by atoms with Gasteiger partial charge in [-0.1, -0.05) is 6.92 Å². The standard InChI is InChI=1S/C17H30N2O6/c1-2-17(24-9-3-15(20)18-5-11-22-12-6-18)25-10-4-16(21)19-7-13-23-14-8-19/h17H,2-14H2,1H3. The third-order valence-corrected chi connectivity index (χ3v) is 4.30. The van der Waals surface area contributed by atoms with Gasteiger partial charge in [-0.3, -0.25) is 9.59 Å². The van der Waals surface area contributed by atoms with Crippen LogP contribution in [0.15, 0.2) is 0 Å². The van der Waals surface area contributed by atoms with E-state index in [-0.39, 0.29) is 18.1 Å². The molecule has 0 unspecified atom stereocenters. The normalized spacial score (nSPS) is 18.6. The molecular formula is C17H30N2O6. The van der Waals surface area contributed by atoms with Gasteiger partial charge in [-0.25, -0.2) is 0 Å². The van der Waals surface area contributed by atoms with Crippen LogP contribution in [-0.2, 0) is 28.5 Å². The van der Waals surface area contributed by atoms with Crippen molar-refractivity contribution in [1.82, 2.24) is 9.80 Å². The van der Waals surface area contributed by atoms with Gasteiger partial charge in [0.2, 0.25) is 11.8 Å². The molecular weight excluding hydrogens is 328 g/mol. The molecule has 0 spiro atoms. The molecule has 0 aromatic rings. The summed E-state index contributed by atoms with van der Waals surface area (Å²) in [5.41, 5.74) is 0. The number of hydrogen-bond acceptors (Lipinski definition) is 6. The van der Waals surface area contributed by atoms with Gasteiger partial charge >= 0.3 is 0 Å². The lowest BCUT2D eigenvalue weighted by atomic mass is 10.3. The van der Waals surface area contributed by atoms with Gasteiger partial charge in [0.15, 0.2) is 6.29 Å². The summed E-state index contributed by atoms with van der Waals surface area (Å²) in [6, 6.07) is 0. The Kier molecular flexibility index (Phi) is 9.17. The molecule has 2 fully saturated rings. The highest BCUT2D eigenvalue weighted by atomic mass is 16.7. The van der Waals surface area contributed by atoms with Gasteiger partial charge in [0, 0.05) is 26.2 Å². The molecule has 2 saturated heterocycles. The van der Waals surface area contributed by atoms with Crippen molar-refractivity contribution >= 4 is 11.8 Å². The van der Waals surface area contributed by atoms with Crippen LogP contribution in [0.3, 0.4) is 0 Å². The highest BCUT2D eigenvalue weighted by Gasteiger charge is 2.19. The van der Waals surface area contributed by atoms with Crippen LogP contribution in [0, 0.1) is 0 Å². The molecule has 0 radical (unpaired) electrons. The van der Waals surface area contributed by atoms with Crippen molar-refractivity contribution in [2.75, 3.05) is 65.8 Å². The molecule has 0 aromatic heterocycles. The molecule has 0 atom stereocenters. The van der Waals surface area contributed by atoms with Crippen molar-refractivity contribution in [3.63, 3.8) is 0 Å². The Morgan fingerprint density at radius 2 is 1.24 bits per heavy atom. The van der Waals surface area contributed by atoms with Crippen LogP contribution in [0.5, 0.6) is 0 Å². The molecule has 2 aliphatic heterocycles. The predicted octanol–water partition coefficient (Wildman–Crippen LogP) is 0.254. The van der Waals surface area contributed by atoms with Gasteiger partial charge in [0.25, 0.3) is 0 Å². The fourth-order valence-corrected chi connectivity index (χ4v) is 2.78. The molecule has 2 amide bonds. The minimum Gasteiger partial charge on any atom is -0.378 e. The van der Waals surface area contributed by atoms with Crippen molar-refractivity contribution in [2.45, 2.75) is 32.5 Å². The molecule has 0 N–H and O–H groups in total. The van der Waals surface area contributed by atoms with E-state index in [2.05, 4.69) is 0 Å². The van der Waals surface area contributed by atoms with E-state index in [9.17, 15) is 9.59 Å². The first-order valence-electron chi connectivity index (χ1n) is 9.15. The Hall–Kier alpha value is -1.22. The van der Waals surface area contributed by atoms with E-state index >= 15 is 0 Å². The van der Waals surface area contributed by atoms with E-state index in [1.807, 2.05) is 6.92 Å². The number of carbonyl (C=O) groups excluding carboxylic acids is 2. The van der Waals surface area contributed by atoms with Gasteiger partial charge in [-0.15, -0.1) is 0 Å². The lowest BCUT2D eigenvalue weighted by molar-refractivity contribution is -0.157. The molecule has 0 aromatic carbocycles. The van der Waals surface area contributed by atoms with Crippen LogP contribution in [-0.4, -0.2) is 93.7 Å². The lowest BCUT2D eigenvalue weighted by Crippen LogP contribution is -2.41. The molecule has 0 aliphatic carbocycles. The van der Waals surface area contributed by atoms with E-state index in [4.69, 9.17) is 18.9 Å². The Labute approximate surface area is 149 Å². The number of amides is 2. The van der Waals surface area contributed by atoms with E-state index in [1.165, 1.54) is 0 Å². The summed E-state index contributed by atoms with van der Waals surface area (Å²) in [6.45, 7) is 7.61. The van der Waals surface area contributed by atoms with Gasteiger partial charge in [-0.2, -0.15) is 0 Å². The molecule has 2 rings (SSSR count). The van der Waals surface area contributed by atoms with Crippen LogP contribution in [0.1, 0.15) is 26.2 Å². The first kappa shape index (κ1) is 20.1. The van der Waals surface area contributed by atoms with E-state index < -0.39 is 0 Å². The number of ether oxygens (including phenoxy) is 4. The second kappa shape index (κ2) is 11.4. The lowest BCUT2D eigenvalue weighted by Gasteiger charge is -2.27. The zero-order chi connectivity index (χ0) is 17.9. The average molecular weight is 358 g/mol. The maximum absolute atomic E-state index is 12.0. The van der Waals surface area contributed by atoms with Crippen LogP contribution >= 0.6 is 0 Å². The molecule has 144 valence electrons. The zero-order valence-corrected chi connectivity index (χ0v) is 15.1. The summed E-state index contributed by atoms with van der Waals surface area (Å²) < 4.78 is 21.7. The summed E-state index contributed by atoms with van der Waals surface area (Å²) in [5, 5.41) is 0. The van der Waals surface area contributed by atoms with Gasteiger partial charge in [0.05, 0.1) is 52.5 Å². The van der Waals surface area contributed by atoms with E-state index in [1.54, 1.807) is 9.80 Å². The first-order valence-corrected chi connectivity index (χ1v) is 9.15. The topological polar surface area (TPSA) is 77.5 Å². The number of nitrogens with zero attached hydrogens (tertiary/aromatic N) is 2. The monoisotopic (exact) mass is 358 g/mol. The molecule has 2 heterocycles. The average Bonchev–Trinajstić information content (AvgIpc) is 2.67. The highest BCUT2D eigenvalue weighted by Crippen LogP contribution is 2.06. The molecule has 25 heavy (non-hydrogen) atoms. The van der Waals surface area contributed by atoms with Crippen molar-refractivity contribution in [3.8, 4) is 0 Å². The fraction of sp³-hybridized carbons (Fsp3) is 0.882. The van der Waals surface area contributed by atoms with Gasteiger partial charge in [-0.05, 0) is 6.42 Å². The van der Waals surface area contributed by atoms with Gasteiger partial charge in [0.1, 0.15) is 0 Å². The number of hydrogen-bond donors (Lipinski definition) is 0. The largest absolute Gasteiger partial charge is 0.378 e. The quantitative estimate of drug-likeness (QED) is 0.550. The highest BCUT2D eigenvalue weighted by molar-refractivity contribution is 5.76. The summed E-state index contributed by atoms with van der Waals surface area (Å²) in [4.78, 5) is 27.7. The summed E-state index contributed by atoms with van der Waals surface area (Å²) in [5.74, 6) is 0.168. The van der Waals surface area contributed by atoms with Crippen molar-refractivity contribution < 1.29 is 28.5 Å². The SMILES string of the molecule is CCC(OCCC(=O)N1CCOCC1)OCCC(=O)N1CCOCC1. The van der Waals surface area contributed by atoms with E-state index in [0.717, 1.165) is 0 Å². The minimum absolute atomic E-state index is 0.0839. The maximum atomic E-state index is 12.0. The van der Waals surface area contributed by atoms with Crippen LogP contribution in [0.4, 0.5) is 0 Å². The van der Waals surface area contributed by atoms with Crippen molar-refractivity contribution in [2.24, 2.45) is 0 Å². The van der Waals surface area contributed by atoms with Crippen LogP contribution in [0.25, 0.3) is 0 Å². The third-order valence-electron chi connectivity index (χ3n) is 4.30. The number of carbonyl (C=O) groups is 2. The summed E-state index contributed by atoms with van der Waals surface area (Å²) in [6.07, 6.45) is 0.978. The van der Waals surface area contributed by atoms with Crippen LogP contribution < -0.4 is 0 Å². The van der Waals surface area contributed by atoms with Crippen LogP contribution in [0.2, 0.25) is 0 Å². The third kappa shape index (κ3) is 7.27. The second-order valence-electron chi connectivity index (χ2n) is 6.07. The Balaban J connectivity index is 1.56. The number of rotatable bonds is 9.